The Kier molecular flexibility index (Phi) is 6.85. The summed E-state index contributed by atoms with van der Waals surface area (Å²) in [6.07, 6.45) is 17.6. The van der Waals surface area contributed by atoms with Gasteiger partial charge in [0.05, 0.1) is 12.0 Å². The number of nitrogens with zero attached hydrogens (tertiary/aromatic N) is 1. The Morgan fingerprint density at radius 2 is 1.79 bits per heavy atom. The molecule has 5 nitrogen and oxygen atoms in total. The smallest absolute Gasteiger partial charge is 0.241 e. The molecule has 3 fully saturated rings. The first-order chi connectivity index (χ1) is 20.4. The van der Waals surface area contributed by atoms with Gasteiger partial charge in [0.1, 0.15) is 17.8 Å². The lowest BCUT2D eigenvalue weighted by Gasteiger charge is -2.50. The van der Waals surface area contributed by atoms with Crippen LogP contribution in [-0.2, 0) is 20.8 Å². The average Bonchev–Trinajstić information content (AvgIpc) is 3.30. The molecule has 3 heterocycles. The van der Waals surface area contributed by atoms with Crippen molar-refractivity contribution in [2.24, 2.45) is 57.7 Å². The summed E-state index contributed by atoms with van der Waals surface area (Å²) in [5.74, 6) is 3.81. The predicted octanol–water partition coefficient (Wildman–Crippen LogP) is 5.89. The molecule has 1 aromatic rings. The molecule has 0 spiro atoms. The van der Waals surface area contributed by atoms with E-state index in [0.29, 0.717) is 11.8 Å². The number of carbonyl (C=O) groups is 3. The van der Waals surface area contributed by atoms with Crippen LogP contribution in [-0.4, -0.2) is 35.1 Å². The summed E-state index contributed by atoms with van der Waals surface area (Å²) in [5.41, 5.74) is -0.200. The Bertz CT molecular complexity index is 1510. The second-order valence-electron chi connectivity index (χ2n) is 14.8. The molecule has 6 aliphatic rings. The number of rotatable bonds is 3. The SMILES string of the molecule is C#CCN1C(=O)C2C(=O)C3C4C(Oc5ccc(cc5)CC2(CC#C)C1=O)C1C(C)CC(C)CC1(C)C4C(C)=CC3(C)C=C. The molecule has 11 atom stereocenters. The monoisotopic (exact) mass is 577 g/mol. The summed E-state index contributed by atoms with van der Waals surface area (Å²) >= 11 is 0. The normalized spacial score (nSPS) is 43.2. The number of ketones is 1. The molecule has 0 radical (unpaired) electrons. The maximum Gasteiger partial charge on any atom is 0.241 e. The minimum Gasteiger partial charge on any atom is -0.490 e. The minimum absolute atomic E-state index is 0.0356. The quantitative estimate of drug-likeness (QED) is 0.195. The third kappa shape index (κ3) is 3.96. The molecule has 224 valence electrons. The minimum atomic E-state index is -1.41. The molecular formula is C38H43NO4. The van der Waals surface area contributed by atoms with Crippen molar-refractivity contribution in [2.75, 3.05) is 6.54 Å². The van der Waals surface area contributed by atoms with E-state index in [1.54, 1.807) is 0 Å². The van der Waals surface area contributed by atoms with Crippen LogP contribution in [0.3, 0.4) is 0 Å². The lowest BCUT2D eigenvalue weighted by atomic mass is 9.52. The largest absolute Gasteiger partial charge is 0.490 e. The molecule has 7 rings (SSSR count). The first-order valence-electron chi connectivity index (χ1n) is 15.7. The first-order valence-corrected chi connectivity index (χ1v) is 15.7. The van der Waals surface area contributed by atoms with Crippen molar-refractivity contribution in [3.63, 3.8) is 0 Å². The third-order valence-corrected chi connectivity index (χ3v) is 12.0. The van der Waals surface area contributed by atoms with Gasteiger partial charge in [-0.15, -0.1) is 25.3 Å². The zero-order valence-corrected chi connectivity index (χ0v) is 26.1. The maximum absolute atomic E-state index is 15.4. The van der Waals surface area contributed by atoms with Gasteiger partial charge in [0, 0.05) is 29.6 Å². The van der Waals surface area contributed by atoms with Gasteiger partial charge in [0.15, 0.2) is 5.78 Å². The van der Waals surface area contributed by atoms with E-state index in [1.807, 2.05) is 37.3 Å². The number of amides is 2. The molecule has 1 saturated heterocycles. The molecule has 0 aromatic heterocycles. The number of Topliss-reactive ketones (excluding diaryl/α,β-unsaturated/α-hetero) is 1. The number of imide groups is 1. The highest BCUT2D eigenvalue weighted by Crippen LogP contribution is 2.69. The van der Waals surface area contributed by atoms with Gasteiger partial charge in [-0.05, 0) is 67.1 Å². The molecule has 43 heavy (non-hydrogen) atoms. The van der Waals surface area contributed by atoms with Gasteiger partial charge < -0.3 is 4.74 Å². The van der Waals surface area contributed by atoms with Crippen LogP contribution >= 0.6 is 0 Å². The average molecular weight is 578 g/mol. The number of benzene rings is 1. The van der Waals surface area contributed by atoms with Crippen LogP contribution < -0.4 is 4.74 Å². The van der Waals surface area contributed by atoms with Crippen LogP contribution in [0.1, 0.15) is 59.4 Å². The number of ether oxygens (including phenoxy) is 1. The van der Waals surface area contributed by atoms with Gasteiger partial charge in [0.2, 0.25) is 11.8 Å². The Hall–Kier alpha value is -3.57. The van der Waals surface area contributed by atoms with Crippen molar-refractivity contribution in [1.29, 1.82) is 0 Å². The van der Waals surface area contributed by atoms with E-state index in [1.165, 1.54) is 5.57 Å². The molecule has 3 aliphatic carbocycles. The summed E-state index contributed by atoms with van der Waals surface area (Å²) < 4.78 is 7.03. The number of hydrogen-bond acceptors (Lipinski definition) is 4. The van der Waals surface area contributed by atoms with Gasteiger partial charge in [-0.1, -0.05) is 63.5 Å². The highest BCUT2D eigenvalue weighted by molar-refractivity contribution is 6.18. The van der Waals surface area contributed by atoms with Crippen molar-refractivity contribution in [2.45, 2.75) is 66.4 Å². The lowest BCUT2D eigenvalue weighted by Crippen LogP contribution is -2.53. The number of fused-ring (bicyclic) bond motifs is 4. The summed E-state index contributed by atoms with van der Waals surface area (Å²) in [6, 6.07) is 7.80. The second kappa shape index (κ2) is 9.99. The topological polar surface area (TPSA) is 63.7 Å². The van der Waals surface area contributed by atoms with E-state index in [2.05, 4.69) is 52.2 Å². The summed E-state index contributed by atoms with van der Waals surface area (Å²) in [4.78, 5) is 45.0. The molecule has 2 bridgehead atoms. The fraction of sp³-hybridized carbons (Fsp3) is 0.553. The summed E-state index contributed by atoms with van der Waals surface area (Å²) in [5, 5.41) is 0. The fourth-order valence-corrected chi connectivity index (χ4v) is 10.9. The van der Waals surface area contributed by atoms with Crippen molar-refractivity contribution in [1.82, 2.24) is 4.90 Å². The highest BCUT2D eigenvalue weighted by Gasteiger charge is 2.70. The number of terminal acetylenes is 2. The van der Waals surface area contributed by atoms with Crippen LogP contribution in [0, 0.1) is 82.4 Å². The van der Waals surface area contributed by atoms with Gasteiger partial charge in [0.25, 0.3) is 0 Å². The van der Waals surface area contributed by atoms with Gasteiger partial charge in [-0.3, -0.25) is 19.3 Å². The summed E-state index contributed by atoms with van der Waals surface area (Å²) in [7, 11) is 0. The number of allylic oxidation sites excluding steroid dienone is 3. The van der Waals surface area contributed by atoms with Gasteiger partial charge in [-0.2, -0.15) is 0 Å². The van der Waals surface area contributed by atoms with Crippen molar-refractivity contribution >= 4 is 17.6 Å². The van der Waals surface area contributed by atoms with Gasteiger partial charge >= 0.3 is 0 Å². The molecule has 5 heteroatoms. The van der Waals surface area contributed by atoms with E-state index in [0.717, 1.165) is 29.1 Å². The van der Waals surface area contributed by atoms with E-state index in [4.69, 9.17) is 17.6 Å². The van der Waals surface area contributed by atoms with Crippen molar-refractivity contribution < 1.29 is 19.1 Å². The molecule has 1 aromatic carbocycles. The van der Waals surface area contributed by atoms with E-state index in [9.17, 15) is 9.59 Å². The van der Waals surface area contributed by atoms with Crippen LogP contribution in [0.2, 0.25) is 0 Å². The van der Waals surface area contributed by atoms with Crippen LogP contribution in [0.4, 0.5) is 0 Å². The molecule has 2 amide bonds. The summed E-state index contributed by atoms with van der Waals surface area (Å²) in [6.45, 7) is 15.3. The number of likely N-dealkylation sites (tertiary alicyclic amines) is 1. The highest BCUT2D eigenvalue weighted by atomic mass is 16.5. The Morgan fingerprint density at radius 3 is 2.42 bits per heavy atom. The maximum atomic E-state index is 15.4. The second-order valence-corrected chi connectivity index (χ2v) is 14.8. The molecule has 3 aliphatic heterocycles. The van der Waals surface area contributed by atoms with Crippen LogP contribution in [0.25, 0.3) is 0 Å². The van der Waals surface area contributed by atoms with E-state index < -0.39 is 34.5 Å². The molecule has 2 saturated carbocycles. The molecule has 0 N–H and O–H groups in total. The predicted molar refractivity (Wildman–Crippen MR) is 166 cm³/mol. The first kappa shape index (κ1) is 29.5. The molecule has 11 unspecified atom stereocenters. The third-order valence-electron chi connectivity index (χ3n) is 12.0. The molecular weight excluding hydrogens is 534 g/mol. The van der Waals surface area contributed by atoms with E-state index in [-0.39, 0.29) is 54.4 Å². The van der Waals surface area contributed by atoms with Crippen molar-refractivity contribution in [3.05, 3.63) is 54.1 Å². The number of hydrogen-bond donors (Lipinski definition) is 0. The standard InChI is InChI=1S/C38H43NO4/c1-9-16-38-21-25-12-14-26(15-13-25)43-33-27-28(37(8)19-22(4)18-23(5)29(33)37)24(6)20-36(7,11-3)30(27)32(40)31(38)34(41)39(17-10-2)35(38)42/h1-2,11-15,20,22-23,27-31,33H,3,16-19,21H2,4-8H3. The lowest BCUT2D eigenvalue weighted by molar-refractivity contribution is -0.145. The zero-order chi connectivity index (χ0) is 31.1. The zero-order valence-electron chi connectivity index (χ0n) is 26.1. The Morgan fingerprint density at radius 1 is 1.09 bits per heavy atom. The van der Waals surface area contributed by atoms with E-state index >= 15 is 4.79 Å². The Balaban J connectivity index is 1.65. The number of carbonyl (C=O) groups excluding carboxylic acids is 3. The van der Waals surface area contributed by atoms with Gasteiger partial charge in [-0.25, -0.2) is 0 Å². The Labute approximate surface area is 256 Å². The van der Waals surface area contributed by atoms with Crippen molar-refractivity contribution in [3.8, 4) is 30.4 Å². The van der Waals surface area contributed by atoms with Crippen LogP contribution in [0.15, 0.2) is 48.6 Å². The van der Waals surface area contributed by atoms with Crippen LogP contribution in [0.5, 0.6) is 5.75 Å². The fourth-order valence-electron chi connectivity index (χ4n) is 10.9.